The lowest BCUT2D eigenvalue weighted by atomic mass is 10.1. The van der Waals surface area contributed by atoms with Crippen molar-refractivity contribution in [3.8, 4) is 5.75 Å². The number of imidazole rings is 1. The van der Waals surface area contributed by atoms with Crippen molar-refractivity contribution in [2.24, 2.45) is 0 Å². The van der Waals surface area contributed by atoms with Crippen LogP contribution in [0.25, 0.3) is 0 Å². The van der Waals surface area contributed by atoms with Gasteiger partial charge in [0.25, 0.3) is 5.91 Å². The van der Waals surface area contributed by atoms with E-state index in [0.717, 1.165) is 32.0 Å². The van der Waals surface area contributed by atoms with Gasteiger partial charge in [0.15, 0.2) is 0 Å². The van der Waals surface area contributed by atoms with Crippen molar-refractivity contribution in [2.75, 3.05) is 39.8 Å². The van der Waals surface area contributed by atoms with E-state index in [4.69, 9.17) is 16.3 Å². The number of aryl methyl sites for hydroxylation is 1. The highest BCUT2D eigenvalue weighted by molar-refractivity contribution is 6.31. The minimum Gasteiger partial charge on any atom is -0.496 e. The number of carbonyl (C=O) groups is 1. The topological polar surface area (TPSA) is 50.6 Å². The Morgan fingerprint density at radius 3 is 2.64 bits per heavy atom. The maximum Gasteiger partial charge on any atom is 0.257 e. The number of benzene rings is 1. The molecule has 1 fully saturated rings. The number of rotatable bonds is 5. The molecule has 134 valence electrons. The molecule has 2 heterocycles. The second kappa shape index (κ2) is 7.89. The summed E-state index contributed by atoms with van der Waals surface area (Å²) in [5.41, 5.74) is 0.525. The maximum absolute atomic E-state index is 12.8. The molecule has 1 aromatic heterocycles. The zero-order valence-corrected chi connectivity index (χ0v) is 15.4. The van der Waals surface area contributed by atoms with Gasteiger partial charge in [0, 0.05) is 56.7 Å². The van der Waals surface area contributed by atoms with Gasteiger partial charge >= 0.3 is 0 Å². The minimum absolute atomic E-state index is 0.0237. The van der Waals surface area contributed by atoms with Crippen molar-refractivity contribution in [3.05, 3.63) is 47.0 Å². The number of aromatic nitrogens is 2. The molecule has 3 rings (SSSR count). The summed E-state index contributed by atoms with van der Waals surface area (Å²) >= 11 is 6.04. The van der Waals surface area contributed by atoms with E-state index >= 15 is 0 Å². The van der Waals surface area contributed by atoms with Crippen LogP contribution in [0.5, 0.6) is 5.75 Å². The van der Waals surface area contributed by atoms with E-state index < -0.39 is 0 Å². The SMILES string of the molecule is COc1ccc(Cl)cc1C(=O)N1CCN(CCn2ccnc2C)CC1. The number of carbonyl (C=O) groups excluding carboxylic acids is 1. The maximum atomic E-state index is 12.8. The van der Waals surface area contributed by atoms with Crippen molar-refractivity contribution < 1.29 is 9.53 Å². The second-order valence-electron chi connectivity index (χ2n) is 6.15. The fourth-order valence-corrected chi connectivity index (χ4v) is 3.25. The number of halogens is 1. The number of ether oxygens (including phenoxy) is 1. The Kier molecular flexibility index (Phi) is 5.60. The predicted molar refractivity (Wildman–Crippen MR) is 97.3 cm³/mol. The molecule has 2 aromatic rings. The van der Waals surface area contributed by atoms with Crippen LogP contribution in [0.3, 0.4) is 0 Å². The number of methoxy groups -OCH3 is 1. The van der Waals surface area contributed by atoms with Crippen molar-refractivity contribution in [3.63, 3.8) is 0 Å². The Morgan fingerprint density at radius 1 is 1.24 bits per heavy atom. The van der Waals surface area contributed by atoms with Gasteiger partial charge in [0.2, 0.25) is 0 Å². The van der Waals surface area contributed by atoms with Gasteiger partial charge in [-0.2, -0.15) is 0 Å². The largest absolute Gasteiger partial charge is 0.496 e. The molecule has 25 heavy (non-hydrogen) atoms. The van der Waals surface area contributed by atoms with Crippen LogP contribution in [0.1, 0.15) is 16.2 Å². The number of hydrogen-bond donors (Lipinski definition) is 0. The Bertz CT molecular complexity index is 738. The molecule has 1 saturated heterocycles. The Labute approximate surface area is 153 Å². The molecule has 6 nitrogen and oxygen atoms in total. The van der Waals surface area contributed by atoms with E-state index in [0.29, 0.717) is 29.4 Å². The van der Waals surface area contributed by atoms with Crippen LogP contribution < -0.4 is 4.74 Å². The summed E-state index contributed by atoms with van der Waals surface area (Å²) in [7, 11) is 1.57. The summed E-state index contributed by atoms with van der Waals surface area (Å²) in [6.07, 6.45) is 3.82. The van der Waals surface area contributed by atoms with Gasteiger partial charge in [-0.1, -0.05) is 11.6 Å². The highest BCUT2D eigenvalue weighted by Gasteiger charge is 2.24. The molecule has 7 heteroatoms. The van der Waals surface area contributed by atoms with Crippen LogP contribution in [0.2, 0.25) is 5.02 Å². The van der Waals surface area contributed by atoms with Crippen molar-refractivity contribution in [2.45, 2.75) is 13.5 Å². The number of piperazine rings is 1. The van der Waals surface area contributed by atoms with E-state index in [1.165, 1.54) is 0 Å². The van der Waals surface area contributed by atoms with Crippen LogP contribution in [0.4, 0.5) is 0 Å². The average Bonchev–Trinajstić information content (AvgIpc) is 3.04. The molecule has 1 aliphatic rings. The molecule has 1 aromatic carbocycles. The van der Waals surface area contributed by atoms with Gasteiger partial charge in [-0.25, -0.2) is 4.98 Å². The van der Waals surface area contributed by atoms with Gasteiger partial charge < -0.3 is 14.2 Å². The summed E-state index contributed by atoms with van der Waals surface area (Å²) in [4.78, 5) is 21.3. The van der Waals surface area contributed by atoms with Crippen molar-refractivity contribution >= 4 is 17.5 Å². The Morgan fingerprint density at radius 2 is 2.00 bits per heavy atom. The fraction of sp³-hybridized carbons (Fsp3) is 0.444. The molecule has 0 spiro atoms. The third-order valence-electron chi connectivity index (χ3n) is 4.63. The quantitative estimate of drug-likeness (QED) is 0.819. The molecule has 0 aliphatic carbocycles. The summed E-state index contributed by atoms with van der Waals surface area (Å²) in [6.45, 7) is 7.02. The molecular formula is C18H23ClN4O2. The monoisotopic (exact) mass is 362 g/mol. The summed E-state index contributed by atoms with van der Waals surface area (Å²) < 4.78 is 7.45. The Hall–Kier alpha value is -2.05. The van der Waals surface area contributed by atoms with Crippen molar-refractivity contribution in [1.29, 1.82) is 0 Å². The van der Waals surface area contributed by atoms with E-state index in [9.17, 15) is 4.79 Å². The standard InChI is InChI=1S/C18H23ClN4O2/c1-14-20-5-6-22(14)10-7-21-8-11-23(12-9-21)18(24)16-13-15(19)3-4-17(16)25-2/h3-6,13H,7-12H2,1-2H3. The molecular weight excluding hydrogens is 340 g/mol. The van der Waals surface area contributed by atoms with E-state index in [1.54, 1.807) is 25.3 Å². The number of hydrogen-bond acceptors (Lipinski definition) is 4. The summed E-state index contributed by atoms with van der Waals surface area (Å²) in [5.74, 6) is 1.57. The molecule has 0 radical (unpaired) electrons. The van der Waals surface area contributed by atoms with Crippen LogP contribution in [-0.2, 0) is 6.54 Å². The van der Waals surface area contributed by atoms with Crippen LogP contribution in [-0.4, -0.2) is 65.1 Å². The van der Waals surface area contributed by atoms with Gasteiger partial charge in [0.05, 0.1) is 12.7 Å². The smallest absolute Gasteiger partial charge is 0.257 e. The molecule has 1 amide bonds. The third kappa shape index (κ3) is 4.14. The summed E-state index contributed by atoms with van der Waals surface area (Å²) in [6, 6.07) is 5.14. The summed E-state index contributed by atoms with van der Waals surface area (Å²) in [5, 5.41) is 0.540. The fourth-order valence-electron chi connectivity index (χ4n) is 3.08. The lowest BCUT2D eigenvalue weighted by Gasteiger charge is -2.35. The minimum atomic E-state index is -0.0237. The predicted octanol–water partition coefficient (Wildman–Crippen LogP) is 2.31. The zero-order chi connectivity index (χ0) is 17.8. The van der Waals surface area contributed by atoms with Crippen molar-refractivity contribution in [1.82, 2.24) is 19.4 Å². The zero-order valence-electron chi connectivity index (χ0n) is 14.6. The molecule has 0 N–H and O–H groups in total. The first kappa shape index (κ1) is 17.8. The van der Waals surface area contributed by atoms with E-state index in [2.05, 4.69) is 14.5 Å². The lowest BCUT2D eigenvalue weighted by Crippen LogP contribution is -2.49. The first-order valence-electron chi connectivity index (χ1n) is 8.41. The molecule has 0 atom stereocenters. The van der Waals surface area contributed by atoms with E-state index in [-0.39, 0.29) is 5.91 Å². The normalized spacial score (nSPS) is 15.4. The molecule has 0 saturated carbocycles. The van der Waals surface area contributed by atoms with Gasteiger partial charge in [-0.05, 0) is 25.1 Å². The Balaban J connectivity index is 1.56. The molecule has 0 bridgehead atoms. The lowest BCUT2D eigenvalue weighted by molar-refractivity contribution is 0.0630. The van der Waals surface area contributed by atoms with Crippen LogP contribution in [0, 0.1) is 6.92 Å². The highest BCUT2D eigenvalue weighted by Crippen LogP contribution is 2.24. The third-order valence-corrected chi connectivity index (χ3v) is 4.87. The first-order valence-corrected chi connectivity index (χ1v) is 8.79. The van der Waals surface area contributed by atoms with Crippen LogP contribution in [0.15, 0.2) is 30.6 Å². The van der Waals surface area contributed by atoms with E-state index in [1.807, 2.05) is 24.2 Å². The highest BCUT2D eigenvalue weighted by atomic mass is 35.5. The number of amides is 1. The molecule has 1 aliphatic heterocycles. The average molecular weight is 363 g/mol. The van der Waals surface area contributed by atoms with Crippen LogP contribution >= 0.6 is 11.6 Å². The van der Waals surface area contributed by atoms with Gasteiger partial charge in [0.1, 0.15) is 11.6 Å². The second-order valence-corrected chi connectivity index (χ2v) is 6.58. The number of nitrogens with zero attached hydrogens (tertiary/aromatic N) is 4. The molecule has 0 unspecified atom stereocenters. The van der Waals surface area contributed by atoms with Gasteiger partial charge in [-0.3, -0.25) is 9.69 Å². The van der Waals surface area contributed by atoms with Gasteiger partial charge in [-0.15, -0.1) is 0 Å². The first-order chi connectivity index (χ1) is 12.1.